The van der Waals surface area contributed by atoms with E-state index in [4.69, 9.17) is 4.74 Å². The Morgan fingerprint density at radius 2 is 1.92 bits per heavy atom. The summed E-state index contributed by atoms with van der Waals surface area (Å²) in [7, 11) is 0. The summed E-state index contributed by atoms with van der Waals surface area (Å²) in [5.74, 6) is 0.834. The third kappa shape index (κ3) is 5.76. The second-order valence-electron chi connectivity index (χ2n) is 7.13. The number of likely N-dealkylation sites (tertiary alicyclic amines) is 1. The largest absolute Gasteiger partial charge is 0.491 e. The van der Waals surface area contributed by atoms with Crippen molar-refractivity contribution in [3.05, 3.63) is 29.8 Å². The topological polar surface area (TPSA) is 58.6 Å². The molecule has 138 valence electrons. The Bertz CT molecular complexity index is 583. The minimum atomic E-state index is -0.299. The van der Waals surface area contributed by atoms with Crippen LogP contribution in [0.5, 0.6) is 5.75 Å². The van der Waals surface area contributed by atoms with E-state index < -0.39 is 0 Å². The lowest BCUT2D eigenvalue weighted by atomic mass is 10.1. The molecule has 1 fully saturated rings. The van der Waals surface area contributed by atoms with Crippen molar-refractivity contribution in [2.75, 3.05) is 6.54 Å². The number of aryl methyl sites for hydroxylation is 1. The standard InChI is InChI=1S/C20H30N2O3/c1-14(2)25-18-11-9-17(10-12-18)8-7-15(3)21-20(24)19-6-5-13-22(19)16(4)23/h9-12,14-15,19H,5-8,13H2,1-4H3,(H,21,24)/t15?,19-/m0/s1. The predicted octanol–water partition coefficient (Wildman–Crippen LogP) is 2.92. The molecule has 5 nitrogen and oxygen atoms in total. The zero-order valence-electron chi connectivity index (χ0n) is 15.7. The molecule has 1 unspecified atom stereocenters. The first kappa shape index (κ1) is 19.3. The lowest BCUT2D eigenvalue weighted by Crippen LogP contribution is -2.47. The first-order valence-electron chi connectivity index (χ1n) is 9.20. The molecule has 1 N–H and O–H groups in total. The van der Waals surface area contributed by atoms with Gasteiger partial charge in [-0.1, -0.05) is 12.1 Å². The molecule has 1 aromatic carbocycles. The molecule has 1 saturated heterocycles. The molecule has 25 heavy (non-hydrogen) atoms. The highest BCUT2D eigenvalue weighted by Crippen LogP contribution is 2.18. The van der Waals surface area contributed by atoms with Crippen LogP contribution in [0.15, 0.2) is 24.3 Å². The number of nitrogens with one attached hydrogen (secondary N) is 1. The molecule has 2 amide bonds. The van der Waals surface area contributed by atoms with Crippen LogP contribution < -0.4 is 10.1 Å². The van der Waals surface area contributed by atoms with E-state index in [9.17, 15) is 9.59 Å². The van der Waals surface area contributed by atoms with E-state index in [0.29, 0.717) is 6.54 Å². The van der Waals surface area contributed by atoms with E-state index >= 15 is 0 Å². The minimum Gasteiger partial charge on any atom is -0.491 e. The van der Waals surface area contributed by atoms with Crippen molar-refractivity contribution in [3.63, 3.8) is 0 Å². The SMILES string of the molecule is CC(=O)N1CCC[C@H]1C(=O)NC(C)CCc1ccc(OC(C)C)cc1. The molecule has 1 aliphatic heterocycles. The first-order chi connectivity index (χ1) is 11.9. The zero-order valence-corrected chi connectivity index (χ0v) is 15.7. The minimum absolute atomic E-state index is 0.0194. The molecule has 0 aliphatic carbocycles. The van der Waals surface area contributed by atoms with Gasteiger partial charge < -0.3 is 15.0 Å². The third-order valence-electron chi connectivity index (χ3n) is 4.51. The van der Waals surface area contributed by atoms with Crippen molar-refractivity contribution >= 4 is 11.8 Å². The number of rotatable bonds is 7. The van der Waals surface area contributed by atoms with Crippen LogP contribution in [-0.2, 0) is 16.0 Å². The second kappa shape index (κ2) is 8.88. The summed E-state index contributed by atoms with van der Waals surface area (Å²) in [6.07, 6.45) is 3.59. The Balaban J connectivity index is 1.79. The average Bonchev–Trinajstić information content (AvgIpc) is 3.03. The molecule has 2 rings (SSSR count). The highest BCUT2D eigenvalue weighted by atomic mass is 16.5. The molecule has 0 saturated carbocycles. The van der Waals surface area contributed by atoms with Crippen molar-refractivity contribution in [2.45, 2.75) is 71.6 Å². The molecule has 0 spiro atoms. The molecule has 0 radical (unpaired) electrons. The van der Waals surface area contributed by atoms with Crippen LogP contribution in [0.25, 0.3) is 0 Å². The molecular formula is C20H30N2O3. The number of nitrogens with zero attached hydrogens (tertiary/aromatic N) is 1. The van der Waals surface area contributed by atoms with Gasteiger partial charge in [0, 0.05) is 19.5 Å². The molecule has 1 aliphatic rings. The van der Waals surface area contributed by atoms with E-state index in [1.165, 1.54) is 12.5 Å². The number of carbonyl (C=O) groups is 2. The number of ether oxygens (including phenoxy) is 1. The molecule has 0 bridgehead atoms. The Morgan fingerprint density at radius 1 is 1.24 bits per heavy atom. The number of hydrogen-bond donors (Lipinski definition) is 1. The number of benzene rings is 1. The molecule has 1 heterocycles. The van der Waals surface area contributed by atoms with Gasteiger partial charge in [0.1, 0.15) is 11.8 Å². The molecule has 0 aromatic heterocycles. The first-order valence-corrected chi connectivity index (χ1v) is 9.20. The fraction of sp³-hybridized carbons (Fsp3) is 0.600. The molecule has 2 atom stereocenters. The van der Waals surface area contributed by atoms with Crippen molar-refractivity contribution in [1.82, 2.24) is 10.2 Å². The Kier molecular flexibility index (Phi) is 6.85. The van der Waals surface area contributed by atoms with Crippen LogP contribution in [0, 0.1) is 0 Å². The van der Waals surface area contributed by atoms with E-state index in [2.05, 4.69) is 17.4 Å². The van der Waals surface area contributed by atoms with E-state index in [1.807, 2.05) is 32.9 Å². The van der Waals surface area contributed by atoms with Crippen molar-refractivity contribution in [1.29, 1.82) is 0 Å². The maximum Gasteiger partial charge on any atom is 0.243 e. The van der Waals surface area contributed by atoms with Crippen LogP contribution in [0.4, 0.5) is 0 Å². The van der Waals surface area contributed by atoms with Crippen molar-refractivity contribution in [3.8, 4) is 5.75 Å². The van der Waals surface area contributed by atoms with Gasteiger partial charge in [-0.25, -0.2) is 0 Å². The van der Waals surface area contributed by atoms with Crippen LogP contribution in [0.2, 0.25) is 0 Å². The van der Waals surface area contributed by atoms with Crippen LogP contribution in [0.1, 0.15) is 52.5 Å². The smallest absolute Gasteiger partial charge is 0.243 e. The monoisotopic (exact) mass is 346 g/mol. The van der Waals surface area contributed by atoms with E-state index in [-0.39, 0.29) is 30.0 Å². The number of amides is 2. The highest BCUT2D eigenvalue weighted by molar-refractivity contribution is 5.87. The summed E-state index contributed by atoms with van der Waals surface area (Å²) in [4.78, 5) is 25.7. The lowest BCUT2D eigenvalue weighted by molar-refractivity contribution is -0.137. The highest BCUT2D eigenvalue weighted by Gasteiger charge is 2.32. The fourth-order valence-corrected chi connectivity index (χ4v) is 3.22. The Morgan fingerprint density at radius 3 is 2.52 bits per heavy atom. The Hall–Kier alpha value is -2.04. The number of hydrogen-bond acceptors (Lipinski definition) is 3. The summed E-state index contributed by atoms with van der Waals surface area (Å²) in [5, 5.41) is 3.06. The maximum absolute atomic E-state index is 12.4. The van der Waals surface area contributed by atoms with Gasteiger partial charge >= 0.3 is 0 Å². The van der Waals surface area contributed by atoms with Gasteiger partial charge in [0.25, 0.3) is 0 Å². The van der Waals surface area contributed by atoms with Crippen LogP contribution >= 0.6 is 0 Å². The van der Waals surface area contributed by atoms with Gasteiger partial charge in [-0.3, -0.25) is 9.59 Å². The molecule has 5 heteroatoms. The fourth-order valence-electron chi connectivity index (χ4n) is 3.22. The normalized spacial score (nSPS) is 18.3. The predicted molar refractivity (Wildman–Crippen MR) is 98.5 cm³/mol. The van der Waals surface area contributed by atoms with E-state index in [1.54, 1.807) is 4.90 Å². The third-order valence-corrected chi connectivity index (χ3v) is 4.51. The van der Waals surface area contributed by atoms with Crippen LogP contribution in [0.3, 0.4) is 0 Å². The van der Waals surface area contributed by atoms with Gasteiger partial charge in [0.05, 0.1) is 6.10 Å². The lowest BCUT2D eigenvalue weighted by Gasteiger charge is -2.24. The quantitative estimate of drug-likeness (QED) is 0.826. The zero-order chi connectivity index (χ0) is 18.4. The summed E-state index contributed by atoms with van der Waals surface area (Å²) in [5.41, 5.74) is 1.23. The molecular weight excluding hydrogens is 316 g/mol. The molecule has 1 aromatic rings. The summed E-state index contributed by atoms with van der Waals surface area (Å²) in [6.45, 7) is 8.25. The van der Waals surface area contributed by atoms with Crippen LogP contribution in [-0.4, -0.2) is 41.4 Å². The summed E-state index contributed by atoms with van der Waals surface area (Å²) < 4.78 is 5.64. The van der Waals surface area contributed by atoms with E-state index in [0.717, 1.165) is 31.4 Å². The van der Waals surface area contributed by atoms with Crippen molar-refractivity contribution < 1.29 is 14.3 Å². The second-order valence-corrected chi connectivity index (χ2v) is 7.13. The maximum atomic E-state index is 12.4. The number of carbonyl (C=O) groups excluding carboxylic acids is 2. The van der Waals surface area contributed by atoms with Crippen molar-refractivity contribution in [2.24, 2.45) is 0 Å². The van der Waals surface area contributed by atoms with Gasteiger partial charge in [-0.2, -0.15) is 0 Å². The average molecular weight is 346 g/mol. The van der Waals surface area contributed by atoms with Gasteiger partial charge in [0.15, 0.2) is 0 Å². The van der Waals surface area contributed by atoms with Gasteiger partial charge in [-0.15, -0.1) is 0 Å². The van der Waals surface area contributed by atoms with Gasteiger partial charge in [0.2, 0.25) is 11.8 Å². The summed E-state index contributed by atoms with van der Waals surface area (Å²) >= 11 is 0. The Labute approximate surface area is 150 Å². The summed E-state index contributed by atoms with van der Waals surface area (Å²) in [6, 6.07) is 7.89. The van der Waals surface area contributed by atoms with Gasteiger partial charge in [-0.05, 0) is 64.2 Å².